The van der Waals surface area contributed by atoms with Crippen molar-refractivity contribution in [2.45, 2.75) is 18.7 Å². The van der Waals surface area contributed by atoms with Crippen molar-refractivity contribution in [1.82, 2.24) is 9.80 Å². The molecule has 2 atom stereocenters. The average Bonchev–Trinajstić information content (AvgIpc) is 3.06. The Bertz CT molecular complexity index is 1040. The lowest BCUT2D eigenvalue weighted by atomic mass is 10.0. The summed E-state index contributed by atoms with van der Waals surface area (Å²) in [4.78, 5) is 28.4. The zero-order chi connectivity index (χ0) is 22.5. The van der Waals surface area contributed by atoms with Crippen LogP contribution in [0.3, 0.4) is 0 Å². The number of imide groups is 1. The topological polar surface area (TPSA) is 81.1 Å². The first-order chi connectivity index (χ1) is 15.6. The Morgan fingerprint density at radius 1 is 0.781 bits per heavy atom. The molecule has 0 aliphatic carbocycles. The predicted octanol–water partition coefficient (Wildman–Crippen LogP) is 2.88. The summed E-state index contributed by atoms with van der Waals surface area (Å²) in [5.41, 5.74) is 2.69. The molecule has 164 valence electrons. The molecule has 6 heteroatoms. The average molecular weight is 431 g/mol. The summed E-state index contributed by atoms with van der Waals surface area (Å²) >= 11 is 0. The van der Waals surface area contributed by atoms with Crippen molar-refractivity contribution in [2.75, 3.05) is 19.7 Å². The normalized spacial score (nSPS) is 15.2. The van der Waals surface area contributed by atoms with Gasteiger partial charge in [-0.15, -0.1) is 0 Å². The number of carbonyl (C=O) groups excluding carboxylic acids is 2. The molecule has 0 aromatic heterocycles. The molecule has 3 aromatic rings. The van der Waals surface area contributed by atoms with Gasteiger partial charge in [0.15, 0.2) is 0 Å². The van der Waals surface area contributed by atoms with E-state index in [9.17, 15) is 19.8 Å². The second-order valence-corrected chi connectivity index (χ2v) is 7.94. The van der Waals surface area contributed by atoms with E-state index in [4.69, 9.17) is 0 Å². The molecule has 0 spiro atoms. The quantitative estimate of drug-likeness (QED) is 0.510. The molecule has 0 radical (unpaired) electrons. The Balaban J connectivity index is 1.53. The van der Waals surface area contributed by atoms with Gasteiger partial charge in [-0.1, -0.05) is 72.8 Å². The highest BCUT2D eigenvalue weighted by Gasteiger charge is 2.36. The van der Waals surface area contributed by atoms with E-state index in [1.54, 1.807) is 24.3 Å². The third kappa shape index (κ3) is 4.62. The maximum Gasteiger partial charge on any atom is 0.261 e. The molecule has 6 nitrogen and oxygen atoms in total. The SMILES string of the molecule is O=C1c2ccccc2C(=O)N1CC(O)CN(Cc1ccccc1)C(CO)c1ccccc1. The number of fused-ring (bicyclic) bond motifs is 1. The summed E-state index contributed by atoms with van der Waals surface area (Å²) in [7, 11) is 0. The Labute approximate surface area is 187 Å². The van der Waals surface area contributed by atoms with Gasteiger partial charge in [-0.2, -0.15) is 0 Å². The first-order valence-electron chi connectivity index (χ1n) is 10.7. The second kappa shape index (κ2) is 9.87. The van der Waals surface area contributed by atoms with Gasteiger partial charge in [0.25, 0.3) is 11.8 Å². The van der Waals surface area contributed by atoms with E-state index in [-0.39, 0.29) is 37.6 Å². The van der Waals surface area contributed by atoms with E-state index < -0.39 is 6.10 Å². The molecule has 0 saturated carbocycles. The van der Waals surface area contributed by atoms with E-state index in [1.165, 1.54) is 0 Å². The Morgan fingerprint density at radius 3 is 1.88 bits per heavy atom. The molecule has 2 amide bonds. The zero-order valence-electron chi connectivity index (χ0n) is 17.7. The summed E-state index contributed by atoms with van der Waals surface area (Å²) in [6, 6.07) is 25.8. The monoisotopic (exact) mass is 430 g/mol. The van der Waals surface area contributed by atoms with Crippen LogP contribution in [0.4, 0.5) is 0 Å². The van der Waals surface area contributed by atoms with Crippen LogP contribution in [-0.2, 0) is 6.54 Å². The van der Waals surface area contributed by atoms with Crippen LogP contribution in [0.5, 0.6) is 0 Å². The van der Waals surface area contributed by atoms with Crippen molar-refractivity contribution in [2.24, 2.45) is 0 Å². The minimum Gasteiger partial charge on any atom is -0.394 e. The van der Waals surface area contributed by atoms with Crippen LogP contribution < -0.4 is 0 Å². The van der Waals surface area contributed by atoms with Crippen LogP contribution in [0.1, 0.15) is 37.9 Å². The molecular weight excluding hydrogens is 404 g/mol. The Hall–Kier alpha value is -3.32. The van der Waals surface area contributed by atoms with Crippen LogP contribution in [0.15, 0.2) is 84.9 Å². The van der Waals surface area contributed by atoms with E-state index in [1.807, 2.05) is 65.6 Å². The predicted molar refractivity (Wildman–Crippen MR) is 121 cm³/mol. The summed E-state index contributed by atoms with van der Waals surface area (Å²) < 4.78 is 0. The van der Waals surface area contributed by atoms with Crippen LogP contribution in [0, 0.1) is 0 Å². The molecule has 4 rings (SSSR count). The molecule has 32 heavy (non-hydrogen) atoms. The van der Waals surface area contributed by atoms with E-state index in [2.05, 4.69) is 0 Å². The number of hydrogen-bond acceptors (Lipinski definition) is 5. The first kappa shape index (κ1) is 21.9. The van der Waals surface area contributed by atoms with Crippen LogP contribution in [0.25, 0.3) is 0 Å². The third-order valence-corrected chi connectivity index (χ3v) is 5.74. The van der Waals surface area contributed by atoms with Gasteiger partial charge in [-0.25, -0.2) is 0 Å². The summed E-state index contributed by atoms with van der Waals surface area (Å²) in [6.07, 6.45) is -0.973. The van der Waals surface area contributed by atoms with Gasteiger partial charge < -0.3 is 10.2 Å². The highest BCUT2D eigenvalue weighted by Crippen LogP contribution is 2.25. The van der Waals surface area contributed by atoms with Gasteiger partial charge >= 0.3 is 0 Å². The number of amides is 2. The maximum atomic E-state index is 12.7. The van der Waals surface area contributed by atoms with Crippen LogP contribution in [-0.4, -0.2) is 57.6 Å². The van der Waals surface area contributed by atoms with Gasteiger partial charge in [0.2, 0.25) is 0 Å². The molecule has 1 aliphatic rings. The van der Waals surface area contributed by atoms with Crippen molar-refractivity contribution in [3.8, 4) is 0 Å². The number of aliphatic hydroxyl groups excluding tert-OH is 2. The number of β-amino-alcohol motifs (C(OH)–C–C–N with tert-alkyl or cyclic N) is 1. The van der Waals surface area contributed by atoms with Gasteiger partial charge in [0.05, 0.1) is 36.4 Å². The molecule has 0 fully saturated rings. The fourth-order valence-electron chi connectivity index (χ4n) is 4.17. The van der Waals surface area contributed by atoms with E-state index in [0.29, 0.717) is 17.7 Å². The summed E-state index contributed by atoms with van der Waals surface area (Å²) in [6.45, 7) is 0.448. The summed E-state index contributed by atoms with van der Waals surface area (Å²) in [5.74, 6) is -0.776. The van der Waals surface area contributed by atoms with E-state index >= 15 is 0 Å². The Kier molecular flexibility index (Phi) is 6.75. The maximum absolute atomic E-state index is 12.7. The minimum atomic E-state index is -0.973. The highest BCUT2D eigenvalue weighted by molar-refractivity contribution is 6.21. The smallest absolute Gasteiger partial charge is 0.261 e. The molecule has 0 bridgehead atoms. The van der Waals surface area contributed by atoms with Gasteiger partial charge in [0.1, 0.15) is 0 Å². The molecule has 2 N–H and O–H groups in total. The zero-order valence-corrected chi connectivity index (χ0v) is 17.7. The van der Waals surface area contributed by atoms with Crippen molar-refractivity contribution >= 4 is 11.8 Å². The molecule has 1 aliphatic heterocycles. The fourth-order valence-corrected chi connectivity index (χ4v) is 4.17. The number of nitrogens with zero attached hydrogens (tertiary/aromatic N) is 2. The first-order valence-corrected chi connectivity index (χ1v) is 10.7. The van der Waals surface area contributed by atoms with Crippen molar-refractivity contribution in [1.29, 1.82) is 0 Å². The molecule has 0 saturated heterocycles. The number of benzene rings is 3. The third-order valence-electron chi connectivity index (χ3n) is 5.74. The highest BCUT2D eigenvalue weighted by atomic mass is 16.3. The van der Waals surface area contributed by atoms with Gasteiger partial charge in [-0.3, -0.25) is 19.4 Å². The lowest BCUT2D eigenvalue weighted by Crippen LogP contribution is -2.44. The number of carbonyl (C=O) groups is 2. The van der Waals surface area contributed by atoms with Gasteiger partial charge in [0, 0.05) is 13.1 Å². The molecular formula is C26H26N2O4. The Morgan fingerprint density at radius 2 is 1.31 bits per heavy atom. The van der Waals surface area contributed by atoms with Crippen molar-refractivity contribution < 1.29 is 19.8 Å². The van der Waals surface area contributed by atoms with Crippen molar-refractivity contribution in [3.05, 3.63) is 107 Å². The fraction of sp³-hybridized carbons (Fsp3) is 0.231. The number of hydrogen-bond donors (Lipinski definition) is 2. The lowest BCUT2D eigenvalue weighted by Gasteiger charge is -2.33. The summed E-state index contributed by atoms with van der Waals surface area (Å²) in [5, 5.41) is 21.1. The standard InChI is InChI=1S/C26H26N2O4/c29-18-24(20-11-5-2-6-12-20)27(15-19-9-3-1-4-10-19)16-21(30)17-28-25(31)22-13-7-8-14-23(22)26(28)32/h1-14,21,24,29-30H,15-18H2. The van der Waals surface area contributed by atoms with Crippen molar-refractivity contribution in [3.63, 3.8) is 0 Å². The largest absolute Gasteiger partial charge is 0.394 e. The number of rotatable bonds is 9. The molecule has 1 heterocycles. The van der Waals surface area contributed by atoms with Crippen LogP contribution in [0.2, 0.25) is 0 Å². The van der Waals surface area contributed by atoms with E-state index in [0.717, 1.165) is 16.0 Å². The molecule has 2 unspecified atom stereocenters. The second-order valence-electron chi connectivity index (χ2n) is 7.94. The number of aliphatic hydroxyl groups is 2. The van der Waals surface area contributed by atoms with Crippen LogP contribution >= 0.6 is 0 Å². The molecule has 3 aromatic carbocycles. The van der Waals surface area contributed by atoms with Gasteiger partial charge in [-0.05, 0) is 23.3 Å². The lowest BCUT2D eigenvalue weighted by molar-refractivity contribution is 0.0324. The minimum absolute atomic E-state index is 0.107.